The van der Waals surface area contributed by atoms with Gasteiger partial charge >= 0.3 is 5.97 Å². The summed E-state index contributed by atoms with van der Waals surface area (Å²) in [7, 11) is 0. The fourth-order valence-corrected chi connectivity index (χ4v) is 1.37. The maximum atomic E-state index is 11.6. The van der Waals surface area contributed by atoms with Crippen LogP contribution in [0.25, 0.3) is 0 Å². The van der Waals surface area contributed by atoms with Crippen LogP contribution in [0.15, 0.2) is 0 Å². The number of thioether (sulfide) groups is 1. The van der Waals surface area contributed by atoms with Crippen LogP contribution in [-0.4, -0.2) is 34.0 Å². The lowest BCUT2D eigenvalue weighted by molar-refractivity contribution is -0.139. The van der Waals surface area contributed by atoms with Crippen LogP contribution < -0.4 is 5.32 Å². The molecule has 0 aromatic rings. The van der Waals surface area contributed by atoms with E-state index in [9.17, 15) is 9.59 Å². The highest BCUT2D eigenvalue weighted by Crippen LogP contribution is 2.16. The molecule has 2 atom stereocenters. The minimum Gasteiger partial charge on any atom is -0.481 e. The van der Waals surface area contributed by atoms with Crippen molar-refractivity contribution in [3.05, 3.63) is 0 Å². The number of nitrogens with one attached hydrogen (secondary N) is 1. The average Bonchev–Trinajstić information content (AvgIpc) is 2.15. The first kappa shape index (κ1) is 14.3. The highest BCUT2D eigenvalue weighted by Gasteiger charge is 2.28. The molecule has 2 unspecified atom stereocenters. The molecule has 4 nitrogen and oxygen atoms in total. The second kappa shape index (κ2) is 6.00. The zero-order chi connectivity index (χ0) is 12.1. The van der Waals surface area contributed by atoms with E-state index in [0.717, 1.165) is 0 Å². The van der Waals surface area contributed by atoms with Crippen LogP contribution >= 0.6 is 11.8 Å². The van der Waals surface area contributed by atoms with Crippen molar-refractivity contribution in [2.45, 2.75) is 44.4 Å². The third-order valence-corrected chi connectivity index (χ3v) is 3.39. The topological polar surface area (TPSA) is 66.4 Å². The highest BCUT2D eigenvalue weighted by atomic mass is 32.2. The lowest BCUT2D eigenvalue weighted by Crippen LogP contribution is -2.49. The molecule has 0 radical (unpaired) electrons. The number of rotatable bonds is 6. The number of amides is 1. The summed E-state index contributed by atoms with van der Waals surface area (Å²) in [5.74, 6) is -0.996. The van der Waals surface area contributed by atoms with E-state index >= 15 is 0 Å². The van der Waals surface area contributed by atoms with Gasteiger partial charge in [0.15, 0.2) is 0 Å². The van der Waals surface area contributed by atoms with Gasteiger partial charge in [0, 0.05) is 5.54 Å². The third-order valence-electron chi connectivity index (χ3n) is 2.47. The van der Waals surface area contributed by atoms with Crippen molar-refractivity contribution in [2.24, 2.45) is 0 Å². The average molecular weight is 233 g/mol. The zero-order valence-corrected chi connectivity index (χ0v) is 10.5. The third kappa shape index (κ3) is 5.06. The number of aliphatic carboxylic acids is 1. The monoisotopic (exact) mass is 233 g/mol. The van der Waals surface area contributed by atoms with E-state index in [0.29, 0.717) is 6.42 Å². The molecule has 0 rings (SSSR count). The lowest BCUT2D eigenvalue weighted by atomic mass is 9.94. The van der Waals surface area contributed by atoms with Gasteiger partial charge < -0.3 is 10.4 Å². The van der Waals surface area contributed by atoms with Crippen LogP contribution in [-0.2, 0) is 9.59 Å². The maximum absolute atomic E-state index is 11.6. The lowest BCUT2D eigenvalue weighted by Gasteiger charge is -2.29. The van der Waals surface area contributed by atoms with Crippen LogP contribution in [0, 0.1) is 0 Å². The first-order valence-corrected chi connectivity index (χ1v) is 6.20. The van der Waals surface area contributed by atoms with Crippen molar-refractivity contribution in [3.8, 4) is 0 Å². The van der Waals surface area contributed by atoms with Crippen molar-refractivity contribution in [2.75, 3.05) is 6.26 Å². The Balaban J connectivity index is 4.43. The molecule has 0 aromatic heterocycles. The molecule has 0 heterocycles. The zero-order valence-electron chi connectivity index (χ0n) is 9.66. The Hall–Kier alpha value is -0.710. The Kier molecular flexibility index (Phi) is 5.72. The van der Waals surface area contributed by atoms with Crippen LogP contribution in [0.2, 0.25) is 0 Å². The molecule has 2 N–H and O–H groups in total. The van der Waals surface area contributed by atoms with Gasteiger partial charge in [-0.2, -0.15) is 11.8 Å². The molecule has 0 saturated heterocycles. The second-order valence-electron chi connectivity index (χ2n) is 3.85. The SMILES string of the molecule is CCC(C)(CC(=O)O)NC(=O)C(C)SC. The summed E-state index contributed by atoms with van der Waals surface area (Å²) >= 11 is 1.44. The molecule has 88 valence electrons. The number of carboxylic acid groups (broad SMARTS) is 1. The summed E-state index contributed by atoms with van der Waals surface area (Å²) in [5.41, 5.74) is -0.646. The van der Waals surface area contributed by atoms with Crippen LogP contribution in [0.4, 0.5) is 0 Å². The van der Waals surface area contributed by atoms with E-state index in [2.05, 4.69) is 5.32 Å². The van der Waals surface area contributed by atoms with Gasteiger partial charge in [-0.25, -0.2) is 0 Å². The normalized spacial score (nSPS) is 16.5. The Morgan fingerprint density at radius 2 is 2.07 bits per heavy atom. The molecule has 0 aliphatic heterocycles. The first-order chi connectivity index (χ1) is 6.84. The largest absolute Gasteiger partial charge is 0.481 e. The van der Waals surface area contributed by atoms with E-state index in [1.54, 1.807) is 13.8 Å². The number of carbonyl (C=O) groups is 2. The van der Waals surface area contributed by atoms with E-state index in [1.807, 2.05) is 13.2 Å². The fourth-order valence-electron chi connectivity index (χ4n) is 1.10. The minimum absolute atomic E-state index is 0.0453. The molecule has 0 saturated carbocycles. The van der Waals surface area contributed by atoms with Crippen molar-refractivity contribution < 1.29 is 14.7 Å². The van der Waals surface area contributed by atoms with E-state index in [-0.39, 0.29) is 17.6 Å². The highest BCUT2D eigenvalue weighted by molar-refractivity contribution is 7.99. The van der Waals surface area contributed by atoms with Gasteiger partial charge in [-0.1, -0.05) is 6.92 Å². The molecule has 15 heavy (non-hydrogen) atoms. The van der Waals surface area contributed by atoms with E-state index in [1.165, 1.54) is 11.8 Å². The Morgan fingerprint density at radius 1 is 1.53 bits per heavy atom. The summed E-state index contributed by atoms with van der Waals surface area (Å²) in [4.78, 5) is 22.2. The molecule has 1 amide bonds. The summed E-state index contributed by atoms with van der Waals surface area (Å²) in [6, 6.07) is 0. The molecular formula is C10H19NO3S. The van der Waals surface area contributed by atoms with Crippen molar-refractivity contribution in [3.63, 3.8) is 0 Å². The van der Waals surface area contributed by atoms with Crippen LogP contribution in [0.3, 0.4) is 0 Å². The number of hydrogen-bond donors (Lipinski definition) is 2. The molecule has 0 aromatic carbocycles. The molecule has 0 aliphatic rings. The van der Waals surface area contributed by atoms with E-state index in [4.69, 9.17) is 5.11 Å². The minimum atomic E-state index is -0.892. The van der Waals surface area contributed by atoms with Crippen LogP contribution in [0.1, 0.15) is 33.6 Å². The summed E-state index contributed by atoms with van der Waals surface area (Å²) in [5, 5.41) is 11.4. The Labute approximate surface area is 94.8 Å². The second-order valence-corrected chi connectivity index (χ2v) is 5.03. The fraction of sp³-hybridized carbons (Fsp3) is 0.800. The number of carboxylic acids is 1. The smallest absolute Gasteiger partial charge is 0.305 e. The molecular weight excluding hydrogens is 214 g/mol. The van der Waals surface area contributed by atoms with Crippen molar-refractivity contribution in [1.29, 1.82) is 0 Å². The van der Waals surface area contributed by atoms with Gasteiger partial charge in [0.1, 0.15) is 0 Å². The van der Waals surface area contributed by atoms with Gasteiger partial charge in [-0.05, 0) is 26.5 Å². The molecule has 0 aliphatic carbocycles. The van der Waals surface area contributed by atoms with Crippen molar-refractivity contribution in [1.82, 2.24) is 5.32 Å². The van der Waals surface area contributed by atoms with Gasteiger partial charge in [0.2, 0.25) is 5.91 Å². The van der Waals surface area contributed by atoms with Crippen molar-refractivity contribution >= 4 is 23.6 Å². The molecule has 5 heteroatoms. The Morgan fingerprint density at radius 3 is 2.40 bits per heavy atom. The van der Waals surface area contributed by atoms with Gasteiger partial charge in [0.25, 0.3) is 0 Å². The number of carbonyl (C=O) groups excluding carboxylic acids is 1. The predicted octanol–water partition coefficient (Wildman–Crippen LogP) is 1.50. The van der Waals surface area contributed by atoms with Crippen LogP contribution in [0.5, 0.6) is 0 Å². The van der Waals surface area contributed by atoms with E-state index < -0.39 is 11.5 Å². The van der Waals surface area contributed by atoms with Gasteiger partial charge in [-0.3, -0.25) is 9.59 Å². The standard InChI is InChI=1S/C10H19NO3S/c1-5-10(3,6-8(12)13)11-9(14)7(2)15-4/h7H,5-6H2,1-4H3,(H,11,14)(H,12,13). The molecule has 0 spiro atoms. The molecule has 0 fully saturated rings. The van der Waals surface area contributed by atoms with Gasteiger partial charge in [-0.15, -0.1) is 0 Å². The molecule has 0 bridgehead atoms. The Bertz CT molecular complexity index is 245. The van der Waals surface area contributed by atoms with Gasteiger partial charge in [0.05, 0.1) is 11.7 Å². The summed E-state index contributed by atoms with van der Waals surface area (Å²) < 4.78 is 0. The first-order valence-electron chi connectivity index (χ1n) is 4.91. The maximum Gasteiger partial charge on any atom is 0.305 e. The predicted molar refractivity (Wildman–Crippen MR) is 62.1 cm³/mol. The summed E-state index contributed by atoms with van der Waals surface area (Å²) in [6.07, 6.45) is 2.41. The summed E-state index contributed by atoms with van der Waals surface area (Å²) in [6.45, 7) is 5.43. The number of hydrogen-bond acceptors (Lipinski definition) is 3. The quantitative estimate of drug-likeness (QED) is 0.729.